The summed E-state index contributed by atoms with van der Waals surface area (Å²) in [7, 11) is 1.99. The zero-order chi connectivity index (χ0) is 23.8. The maximum absolute atomic E-state index is 12.2. The molecule has 8 nitrogen and oxygen atoms in total. The highest BCUT2D eigenvalue weighted by Crippen LogP contribution is 2.30. The second kappa shape index (κ2) is 11.7. The van der Waals surface area contributed by atoms with Gasteiger partial charge in [-0.05, 0) is 54.8 Å². The van der Waals surface area contributed by atoms with Crippen molar-refractivity contribution < 1.29 is 24.5 Å². The molecule has 2 aromatic carbocycles. The van der Waals surface area contributed by atoms with Gasteiger partial charge in [-0.25, -0.2) is 4.79 Å². The van der Waals surface area contributed by atoms with E-state index < -0.39 is 12.6 Å². The molecule has 1 aliphatic heterocycles. The number of ether oxygens (including phenoxy) is 1. The van der Waals surface area contributed by atoms with Gasteiger partial charge in [0.05, 0.1) is 12.1 Å². The van der Waals surface area contributed by atoms with Crippen molar-refractivity contribution in [1.29, 1.82) is 0 Å². The van der Waals surface area contributed by atoms with Gasteiger partial charge in [-0.1, -0.05) is 19.1 Å². The summed E-state index contributed by atoms with van der Waals surface area (Å²) in [5.74, 6) is -0.613. The molecule has 8 heteroatoms. The highest BCUT2D eigenvalue weighted by Gasteiger charge is 2.26. The minimum Gasteiger partial charge on any atom is -0.482 e. The molecular weight excluding hydrogens is 422 g/mol. The average Bonchev–Trinajstić information content (AvgIpc) is 3.24. The summed E-state index contributed by atoms with van der Waals surface area (Å²) >= 11 is 0. The van der Waals surface area contributed by atoms with E-state index in [9.17, 15) is 14.7 Å². The van der Waals surface area contributed by atoms with E-state index in [0.717, 1.165) is 30.6 Å². The number of likely N-dealkylation sites (tertiary alicyclic amines) is 1. The molecule has 1 fully saturated rings. The first-order valence-electron chi connectivity index (χ1n) is 11.3. The number of carboxylic acids is 1. The lowest BCUT2D eigenvalue weighted by molar-refractivity contribution is -0.139. The normalized spacial score (nSPS) is 16.9. The first-order valence-corrected chi connectivity index (χ1v) is 11.3. The van der Waals surface area contributed by atoms with Gasteiger partial charge in [0, 0.05) is 44.5 Å². The van der Waals surface area contributed by atoms with Crippen molar-refractivity contribution in [1.82, 2.24) is 10.2 Å². The summed E-state index contributed by atoms with van der Waals surface area (Å²) in [6.45, 7) is 4.38. The number of hydrogen-bond acceptors (Lipinski definition) is 6. The zero-order valence-electron chi connectivity index (χ0n) is 19.2. The molecule has 1 saturated heterocycles. The van der Waals surface area contributed by atoms with Gasteiger partial charge in [-0.3, -0.25) is 9.69 Å². The van der Waals surface area contributed by atoms with E-state index in [1.807, 2.05) is 56.4 Å². The molecule has 0 radical (unpaired) electrons. The third kappa shape index (κ3) is 6.94. The smallest absolute Gasteiger partial charge is 0.341 e. The maximum Gasteiger partial charge on any atom is 0.341 e. The van der Waals surface area contributed by atoms with Gasteiger partial charge in [0.1, 0.15) is 5.75 Å². The van der Waals surface area contributed by atoms with Crippen LogP contribution in [-0.4, -0.2) is 72.9 Å². The molecular formula is C25H33N3O5. The predicted octanol–water partition coefficient (Wildman–Crippen LogP) is 2.53. The first-order chi connectivity index (χ1) is 15.9. The number of nitrogens with one attached hydrogen (secondary N) is 1. The van der Waals surface area contributed by atoms with Crippen LogP contribution >= 0.6 is 0 Å². The number of nitrogens with zero attached hydrogens (tertiary/aromatic N) is 2. The molecule has 178 valence electrons. The van der Waals surface area contributed by atoms with E-state index in [-0.39, 0.29) is 18.1 Å². The molecule has 1 aliphatic rings. The first kappa shape index (κ1) is 24.5. The fourth-order valence-electron chi connectivity index (χ4n) is 4.00. The monoisotopic (exact) mass is 455 g/mol. The van der Waals surface area contributed by atoms with Crippen LogP contribution in [-0.2, 0) is 4.79 Å². The highest BCUT2D eigenvalue weighted by molar-refractivity contribution is 5.94. The van der Waals surface area contributed by atoms with Crippen LogP contribution in [0.2, 0.25) is 0 Å². The number of anilines is 1. The van der Waals surface area contributed by atoms with E-state index in [4.69, 9.17) is 9.84 Å². The second-order valence-corrected chi connectivity index (χ2v) is 8.39. The number of hydrogen-bond donors (Lipinski definition) is 3. The van der Waals surface area contributed by atoms with Crippen molar-refractivity contribution in [3.63, 3.8) is 0 Å². The van der Waals surface area contributed by atoms with Crippen LogP contribution in [0.5, 0.6) is 5.75 Å². The summed E-state index contributed by atoms with van der Waals surface area (Å²) in [4.78, 5) is 27.5. The van der Waals surface area contributed by atoms with Crippen LogP contribution in [0.3, 0.4) is 0 Å². The summed E-state index contributed by atoms with van der Waals surface area (Å²) in [5.41, 5.74) is 2.54. The van der Waals surface area contributed by atoms with Gasteiger partial charge in [0.2, 0.25) is 0 Å². The summed E-state index contributed by atoms with van der Waals surface area (Å²) in [6.07, 6.45) is 1.32. The molecule has 3 rings (SSSR count). The molecule has 2 atom stereocenters. The Labute approximate surface area is 194 Å². The van der Waals surface area contributed by atoms with Gasteiger partial charge >= 0.3 is 5.97 Å². The quantitative estimate of drug-likeness (QED) is 0.479. The van der Waals surface area contributed by atoms with E-state index in [1.54, 1.807) is 6.07 Å². The second-order valence-electron chi connectivity index (χ2n) is 8.39. The Morgan fingerprint density at radius 1 is 1.24 bits per heavy atom. The number of carbonyl (C=O) groups is 2. The summed E-state index contributed by atoms with van der Waals surface area (Å²) in [5, 5.41) is 21.8. The molecule has 0 spiro atoms. The molecule has 2 aromatic rings. The van der Waals surface area contributed by atoms with Crippen LogP contribution < -0.4 is 15.0 Å². The number of rotatable bonds is 11. The lowest BCUT2D eigenvalue weighted by atomic mass is 10.0. The van der Waals surface area contributed by atoms with Crippen LogP contribution in [0.25, 0.3) is 0 Å². The third-order valence-corrected chi connectivity index (χ3v) is 5.82. The molecule has 1 amide bonds. The fraction of sp³-hybridized carbons (Fsp3) is 0.440. The van der Waals surface area contributed by atoms with Crippen molar-refractivity contribution >= 4 is 17.6 Å². The molecule has 33 heavy (non-hydrogen) atoms. The lowest BCUT2D eigenvalue weighted by Gasteiger charge is -2.34. The van der Waals surface area contributed by atoms with Gasteiger partial charge in [-0.2, -0.15) is 0 Å². The highest BCUT2D eigenvalue weighted by atomic mass is 16.5. The lowest BCUT2D eigenvalue weighted by Crippen LogP contribution is -2.36. The van der Waals surface area contributed by atoms with Crippen molar-refractivity contribution in [2.24, 2.45) is 0 Å². The van der Waals surface area contributed by atoms with E-state index in [0.29, 0.717) is 30.9 Å². The number of benzene rings is 2. The molecule has 3 N–H and O–H groups in total. The number of aliphatic carboxylic acids is 1. The van der Waals surface area contributed by atoms with E-state index >= 15 is 0 Å². The molecule has 0 saturated carbocycles. The Morgan fingerprint density at radius 3 is 2.64 bits per heavy atom. The van der Waals surface area contributed by atoms with Gasteiger partial charge in [0.15, 0.2) is 6.61 Å². The van der Waals surface area contributed by atoms with Gasteiger partial charge in [-0.15, -0.1) is 0 Å². The Bertz CT molecular complexity index is 934. The van der Waals surface area contributed by atoms with Crippen LogP contribution in [0.4, 0.5) is 5.69 Å². The molecule has 1 heterocycles. The number of likely N-dealkylation sites (N-methyl/N-ethyl adjacent to an activating group) is 1. The SMILES string of the molecule is CCCNC(=O)c1ccc(N(C)[C@@H](CN2CC[C@H](O)C2)c2cccc(OCC(=O)O)c2)cc1. The van der Waals surface area contributed by atoms with Crippen LogP contribution in [0, 0.1) is 0 Å². The molecule has 0 aromatic heterocycles. The number of amides is 1. The topological polar surface area (TPSA) is 102 Å². The Morgan fingerprint density at radius 2 is 2.00 bits per heavy atom. The predicted molar refractivity (Wildman–Crippen MR) is 127 cm³/mol. The van der Waals surface area contributed by atoms with Crippen LogP contribution in [0.1, 0.15) is 41.7 Å². The fourth-order valence-corrected chi connectivity index (χ4v) is 4.00. The third-order valence-electron chi connectivity index (χ3n) is 5.82. The minimum atomic E-state index is -1.02. The number of β-amino-alcohol motifs (C(OH)–C–C–N with tert-alkyl or cyclic N) is 1. The molecule has 0 aliphatic carbocycles. The Kier molecular flexibility index (Phi) is 8.68. The van der Waals surface area contributed by atoms with Crippen molar-refractivity contribution in [3.8, 4) is 5.75 Å². The molecule has 0 unspecified atom stereocenters. The Hall–Kier alpha value is -3.10. The van der Waals surface area contributed by atoms with E-state index in [1.165, 1.54) is 0 Å². The number of carbonyl (C=O) groups excluding carboxylic acids is 1. The number of carboxylic acid groups (broad SMARTS) is 1. The van der Waals surface area contributed by atoms with Crippen molar-refractivity contribution in [2.75, 3.05) is 44.7 Å². The van der Waals surface area contributed by atoms with Gasteiger partial charge in [0.25, 0.3) is 5.91 Å². The largest absolute Gasteiger partial charge is 0.482 e. The number of aliphatic hydroxyl groups excluding tert-OH is 1. The maximum atomic E-state index is 12.2. The van der Waals surface area contributed by atoms with Crippen LogP contribution in [0.15, 0.2) is 48.5 Å². The minimum absolute atomic E-state index is 0.0663. The molecule has 0 bridgehead atoms. The summed E-state index contributed by atoms with van der Waals surface area (Å²) in [6, 6.07) is 14.9. The standard InChI is InChI=1S/C25H33N3O5/c1-3-12-26-25(32)18-7-9-20(10-8-18)27(2)23(16-28-13-11-21(29)15-28)19-5-4-6-22(14-19)33-17-24(30)31/h4-10,14,21,23,29H,3,11-13,15-17H2,1-2H3,(H,26,32)(H,30,31)/t21-,23-/m0/s1. The number of aliphatic hydroxyl groups is 1. The van der Waals surface area contributed by atoms with E-state index in [2.05, 4.69) is 15.1 Å². The summed E-state index contributed by atoms with van der Waals surface area (Å²) < 4.78 is 5.39. The van der Waals surface area contributed by atoms with Crippen molar-refractivity contribution in [3.05, 3.63) is 59.7 Å². The zero-order valence-corrected chi connectivity index (χ0v) is 19.2. The average molecular weight is 456 g/mol. The van der Waals surface area contributed by atoms with Gasteiger partial charge < -0.3 is 25.2 Å². The van der Waals surface area contributed by atoms with Crippen molar-refractivity contribution in [2.45, 2.75) is 31.9 Å². The Balaban J connectivity index is 1.82.